The molecule has 98 valence electrons. The monoisotopic (exact) mass is 254 g/mol. The number of allylic oxidation sites excluding steroid dienone is 2. The summed E-state index contributed by atoms with van der Waals surface area (Å²) in [7, 11) is 1.64. The minimum absolute atomic E-state index is 0.0181. The third kappa shape index (κ3) is 3.72. The van der Waals surface area contributed by atoms with Crippen molar-refractivity contribution in [2.45, 2.75) is 26.7 Å². The molecule has 0 fully saturated rings. The van der Waals surface area contributed by atoms with Crippen LogP contribution >= 0.6 is 0 Å². The number of methoxy groups -OCH3 is 1. The number of carbonyl (C=O) groups excluding carboxylic acids is 1. The van der Waals surface area contributed by atoms with Crippen LogP contribution in [0.2, 0.25) is 0 Å². The van der Waals surface area contributed by atoms with Gasteiger partial charge in [-0.3, -0.25) is 4.79 Å². The zero-order valence-electron chi connectivity index (χ0n) is 11.6. The molecule has 0 N–H and O–H groups in total. The quantitative estimate of drug-likeness (QED) is 0.718. The summed E-state index contributed by atoms with van der Waals surface area (Å²) in [4.78, 5) is 11.6. The number of carbonyl (C=O) groups is 1. The Bertz CT molecular complexity index is 583. The molecule has 0 aromatic heterocycles. The first-order valence-corrected chi connectivity index (χ1v) is 6.38. The molecule has 2 nitrogen and oxygen atoms in total. The van der Waals surface area contributed by atoms with Gasteiger partial charge < -0.3 is 4.74 Å². The van der Waals surface area contributed by atoms with Gasteiger partial charge in [-0.25, -0.2) is 0 Å². The molecule has 0 bridgehead atoms. The van der Waals surface area contributed by atoms with Crippen molar-refractivity contribution in [2.75, 3.05) is 7.11 Å². The largest absolute Gasteiger partial charge is 0.497 e. The highest BCUT2D eigenvalue weighted by atomic mass is 16.5. The molecular weight excluding hydrogens is 236 g/mol. The van der Waals surface area contributed by atoms with Crippen LogP contribution in [-0.4, -0.2) is 12.9 Å². The lowest BCUT2D eigenvalue weighted by atomic mass is 9.77. The number of hydrogen-bond acceptors (Lipinski definition) is 2. The number of ketones is 1. The van der Waals surface area contributed by atoms with Gasteiger partial charge in [-0.1, -0.05) is 31.8 Å². The van der Waals surface area contributed by atoms with Gasteiger partial charge >= 0.3 is 0 Å². The second-order valence-electron chi connectivity index (χ2n) is 5.64. The third-order valence-electron chi connectivity index (χ3n) is 3.09. The Kier molecular flexibility index (Phi) is 3.76. The molecule has 1 aromatic carbocycles. The van der Waals surface area contributed by atoms with E-state index in [9.17, 15) is 4.79 Å². The minimum Gasteiger partial charge on any atom is -0.497 e. The molecule has 1 aliphatic carbocycles. The van der Waals surface area contributed by atoms with Crippen molar-refractivity contribution in [3.05, 3.63) is 41.5 Å². The second kappa shape index (κ2) is 5.32. The molecule has 0 unspecified atom stereocenters. The fourth-order valence-corrected chi connectivity index (χ4v) is 2.28. The van der Waals surface area contributed by atoms with Crippen molar-refractivity contribution in [3.8, 4) is 17.6 Å². The fourth-order valence-electron chi connectivity index (χ4n) is 2.28. The summed E-state index contributed by atoms with van der Waals surface area (Å²) in [6.07, 6.45) is 3.14. The van der Waals surface area contributed by atoms with Gasteiger partial charge in [-0.15, -0.1) is 0 Å². The first-order valence-electron chi connectivity index (χ1n) is 6.38. The van der Waals surface area contributed by atoms with Crippen LogP contribution in [0.4, 0.5) is 0 Å². The summed E-state index contributed by atoms with van der Waals surface area (Å²) in [5.41, 5.74) is 1.84. The summed E-state index contributed by atoms with van der Waals surface area (Å²) in [5.74, 6) is 7.17. The third-order valence-corrected chi connectivity index (χ3v) is 3.09. The molecule has 0 aliphatic heterocycles. The van der Waals surface area contributed by atoms with E-state index in [1.165, 1.54) is 0 Å². The van der Waals surface area contributed by atoms with E-state index in [1.54, 1.807) is 13.2 Å². The van der Waals surface area contributed by atoms with Gasteiger partial charge in [0.25, 0.3) is 0 Å². The molecule has 0 saturated heterocycles. The van der Waals surface area contributed by atoms with Crippen molar-refractivity contribution in [1.29, 1.82) is 0 Å². The van der Waals surface area contributed by atoms with Gasteiger partial charge in [0, 0.05) is 17.6 Å². The number of ether oxygens (including phenoxy) is 1. The number of benzene rings is 1. The molecule has 0 saturated carbocycles. The molecule has 19 heavy (non-hydrogen) atoms. The summed E-state index contributed by atoms with van der Waals surface area (Å²) in [6, 6.07) is 7.63. The highest BCUT2D eigenvalue weighted by Crippen LogP contribution is 2.33. The van der Waals surface area contributed by atoms with Gasteiger partial charge in [0.2, 0.25) is 0 Å². The van der Waals surface area contributed by atoms with E-state index in [2.05, 4.69) is 25.7 Å². The normalized spacial score (nSPS) is 17.2. The van der Waals surface area contributed by atoms with Crippen LogP contribution in [-0.2, 0) is 4.79 Å². The van der Waals surface area contributed by atoms with Gasteiger partial charge in [0.15, 0.2) is 5.78 Å². The van der Waals surface area contributed by atoms with Crippen LogP contribution < -0.4 is 4.74 Å². The van der Waals surface area contributed by atoms with Crippen molar-refractivity contribution < 1.29 is 9.53 Å². The topological polar surface area (TPSA) is 26.3 Å². The summed E-state index contributed by atoms with van der Waals surface area (Å²) in [6.45, 7) is 4.20. The first-order chi connectivity index (χ1) is 8.98. The van der Waals surface area contributed by atoms with Gasteiger partial charge in [0.1, 0.15) is 5.75 Å². The van der Waals surface area contributed by atoms with Gasteiger partial charge in [-0.2, -0.15) is 0 Å². The van der Waals surface area contributed by atoms with Gasteiger partial charge in [0.05, 0.1) is 7.11 Å². The lowest BCUT2D eigenvalue weighted by Gasteiger charge is -2.26. The molecule has 0 heterocycles. The van der Waals surface area contributed by atoms with E-state index in [-0.39, 0.29) is 11.2 Å². The first kappa shape index (κ1) is 13.4. The molecular formula is C17H18O2. The molecule has 0 radical (unpaired) electrons. The highest BCUT2D eigenvalue weighted by Gasteiger charge is 2.26. The SMILES string of the molecule is COc1cccc(C#CC2=CC(=O)CC(C)(C)C2)c1. The zero-order chi connectivity index (χ0) is 13.9. The maximum Gasteiger partial charge on any atom is 0.157 e. The summed E-state index contributed by atoms with van der Waals surface area (Å²) < 4.78 is 5.16. The zero-order valence-corrected chi connectivity index (χ0v) is 11.6. The van der Waals surface area contributed by atoms with E-state index >= 15 is 0 Å². The van der Waals surface area contributed by atoms with Crippen molar-refractivity contribution in [1.82, 2.24) is 0 Å². The van der Waals surface area contributed by atoms with E-state index < -0.39 is 0 Å². The standard InChI is InChI=1S/C17H18O2/c1-17(2)11-14(9-15(18)12-17)8-7-13-5-4-6-16(10-13)19-3/h4-6,9-10H,11-12H2,1-3H3. The Morgan fingerprint density at radius 3 is 2.68 bits per heavy atom. The second-order valence-corrected chi connectivity index (χ2v) is 5.64. The minimum atomic E-state index is 0.0181. The highest BCUT2D eigenvalue weighted by molar-refractivity contribution is 5.92. The summed E-state index contributed by atoms with van der Waals surface area (Å²) >= 11 is 0. The van der Waals surface area contributed by atoms with E-state index in [0.29, 0.717) is 6.42 Å². The predicted molar refractivity (Wildman–Crippen MR) is 76.0 cm³/mol. The van der Waals surface area contributed by atoms with Crippen LogP contribution in [0.3, 0.4) is 0 Å². The predicted octanol–water partition coefficient (Wildman–Crippen LogP) is 3.36. The molecule has 0 amide bonds. The van der Waals surface area contributed by atoms with E-state index in [0.717, 1.165) is 23.3 Å². The molecule has 2 rings (SSSR count). The van der Waals surface area contributed by atoms with Crippen LogP contribution in [0.5, 0.6) is 5.75 Å². The molecule has 0 spiro atoms. The maximum atomic E-state index is 11.6. The maximum absolute atomic E-state index is 11.6. The van der Waals surface area contributed by atoms with Crippen molar-refractivity contribution >= 4 is 5.78 Å². The lowest BCUT2D eigenvalue weighted by Crippen LogP contribution is -2.21. The number of hydrogen-bond donors (Lipinski definition) is 0. The Hall–Kier alpha value is -2.01. The lowest BCUT2D eigenvalue weighted by molar-refractivity contribution is -0.116. The Morgan fingerprint density at radius 1 is 1.21 bits per heavy atom. The van der Waals surface area contributed by atoms with Crippen molar-refractivity contribution in [2.24, 2.45) is 5.41 Å². The fraction of sp³-hybridized carbons (Fsp3) is 0.353. The van der Waals surface area contributed by atoms with Crippen LogP contribution in [0, 0.1) is 17.3 Å². The van der Waals surface area contributed by atoms with Crippen LogP contribution in [0.25, 0.3) is 0 Å². The summed E-state index contributed by atoms with van der Waals surface area (Å²) in [5, 5.41) is 0. The Balaban J connectivity index is 2.21. The Morgan fingerprint density at radius 2 is 2.00 bits per heavy atom. The van der Waals surface area contributed by atoms with Crippen molar-refractivity contribution in [3.63, 3.8) is 0 Å². The average Bonchev–Trinajstić information content (AvgIpc) is 2.34. The van der Waals surface area contributed by atoms with Gasteiger partial charge in [-0.05, 0) is 36.1 Å². The van der Waals surface area contributed by atoms with Crippen LogP contribution in [0.15, 0.2) is 35.9 Å². The molecule has 1 aliphatic rings. The molecule has 0 atom stereocenters. The molecule has 1 aromatic rings. The van der Waals surface area contributed by atoms with E-state index in [1.807, 2.05) is 24.3 Å². The van der Waals surface area contributed by atoms with Crippen LogP contribution in [0.1, 0.15) is 32.3 Å². The smallest absolute Gasteiger partial charge is 0.157 e. The number of rotatable bonds is 1. The molecule has 2 heteroatoms. The van der Waals surface area contributed by atoms with E-state index in [4.69, 9.17) is 4.74 Å². The Labute approximate surface area is 114 Å². The average molecular weight is 254 g/mol.